The van der Waals surface area contributed by atoms with E-state index < -0.39 is 17.6 Å². The average Bonchev–Trinajstić information content (AvgIpc) is 2.23. The summed E-state index contributed by atoms with van der Waals surface area (Å²) < 4.78 is 26.1. The summed E-state index contributed by atoms with van der Waals surface area (Å²) in [6.07, 6.45) is 0.905. The molecule has 0 saturated heterocycles. The Morgan fingerprint density at radius 2 is 2.06 bits per heavy atom. The number of nitrogen functional groups attached to an aromatic ring is 1. The minimum Gasteiger partial charge on any atom is -0.478 e. The lowest BCUT2D eigenvalue weighted by Gasteiger charge is -2.05. The summed E-state index contributed by atoms with van der Waals surface area (Å²) in [6.45, 7) is 0. The summed E-state index contributed by atoms with van der Waals surface area (Å²) in [6, 6.07) is 2.07. The van der Waals surface area contributed by atoms with Crippen molar-refractivity contribution in [3.63, 3.8) is 0 Å². The summed E-state index contributed by atoms with van der Waals surface area (Å²) in [5.74, 6) is -3.46. The van der Waals surface area contributed by atoms with Crippen LogP contribution in [-0.2, 0) is 0 Å². The van der Waals surface area contributed by atoms with Crippen molar-refractivity contribution in [3.05, 3.63) is 35.5 Å². The van der Waals surface area contributed by atoms with Crippen LogP contribution in [0, 0.1) is 11.6 Å². The fraction of sp³-hybridized carbons (Fsp3) is 0. The molecule has 0 spiro atoms. The highest BCUT2D eigenvalue weighted by Gasteiger charge is 2.15. The van der Waals surface area contributed by atoms with Crippen LogP contribution in [0.4, 0.5) is 14.5 Å². The predicted molar refractivity (Wildman–Crippen MR) is 53.0 cm³/mol. The lowest BCUT2D eigenvalue weighted by molar-refractivity contribution is 0.0698. The number of nitrogens with two attached hydrogens (primary N) is 1. The number of benzene rings is 1. The van der Waals surface area contributed by atoms with Crippen molar-refractivity contribution in [2.75, 3.05) is 5.73 Å². The van der Waals surface area contributed by atoms with E-state index >= 15 is 0 Å². The van der Waals surface area contributed by atoms with Crippen LogP contribution in [0.3, 0.4) is 0 Å². The van der Waals surface area contributed by atoms with E-state index in [1.165, 1.54) is 6.07 Å². The number of carboxylic acid groups (broad SMARTS) is 1. The van der Waals surface area contributed by atoms with Crippen LogP contribution >= 0.6 is 0 Å². The molecule has 0 saturated carbocycles. The zero-order valence-corrected chi connectivity index (χ0v) is 7.87. The molecule has 0 fully saturated rings. The molecule has 0 amide bonds. The van der Waals surface area contributed by atoms with Crippen LogP contribution in [-0.4, -0.2) is 16.1 Å². The van der Waals surface area contributed by atoms with Crippen molar-refractivity contribution in [2.45, 2.75) is 0 Å². The topological polar surface area (TPSA) is 76.2 Å². The Kier molecular flexibility index (Phi) is 2.19. The molecular formula is C10H6F2N2O2. The monoisotopic (exact) mass is 224 g/mol. The number of aromatic nitrogens is 1. The molecule has 0 aliphatic carbocycles. The maximum atomic E-state index is 13.3. The first-order valence-corrected chi connectivity index (χ1v) is 4.28. The standard InChI is InChI=1S/C10H6F2N2O2/c11-6-2-1-4-8(13)5(10(15)16)3-14-9(4)7(6)12/h1-3H,(H2,13,14)(H,15,16). The zero-order valence-electron chi connectivity index (χ0n) is 7.87. The molecule has 1 aromatic carbocycles. The highest BCUT2D eigenvalue weighted by atomic mass is 19.2. The first kappa shape index (κ1) is 10.3. The molecule has 4 nitrogen and oxygen atoms in total. The highest BCUT2D eigenvalue weighted by Crippen LogP contribution is 2.25. The van der Waals surface area contributed by atoms with Crippen molar-refractivity contribution in [3.8, 4) is 0 Å². The number of aromatic carboxylic acids is 1. The SMILES string of the molecule is Nc1c(C(=O)O)cnc2c(F)c(F)ccc12. The quantitative estimate of drug-likeness (QED) is 0.774. The van der Waals surface area contributed by atoms with E-state index in [9.17, 15) is 13.6 Å². The minimum absolute atomic E-state index is 0.0822. The fourth-order valence-electron chi connectivity index (χ4n) is 1.40. The van der Waals surface area contributed by atoms with Gasteiger partial charge in [0.15, 0.2) is 11.6 Å². The molecule has 16 heavy (non-hydrogen) atoms. The molecule has 1 aromatic heterocycles. The van der Waals surface area contributed by atoms with E-state index in [0.29, 0.717) is 0 Å². The van der Waals surface area contributed by atoms with Crippen LogP contribution < -0.4 is 5.73 Å². The first-order valence-electron chi connectivity index (χ1n) is 4.28. The number of carboxylic acids is 1. The van der Waals surface area contributed by atoms with Crippen LogP contribution in [0.5, 0.6) is 0 Å². The van der Waals surface area contributed by atoms with E-state index in [1.54, 1.807) is 0 Å². The van der Waals surface area contributed by atoms with Gasteiger partial charge in [0.1, 0.15) is 11.1 Å². The number of anilines is 1. The number of halogens is 2. The lowest BCUT2D eigenvalue weighted by atomic mass is 10.1. The zero-order chi connectivity index (χ0) is 11.9. The molecule has 2 aromatic rings. The van der Waals surface area contributed by atoms with Crippen molar-refractivity contribution < 1.29 is 18.7 Å². The van der Waals surface area contributed by atoms with Gasteiger partial charge >= 0.3 is 5.97 Å². The number of fused-ring (bicyclic) bond motifs is 1. The molecule has 0 unspecified atom stereocenters. The third-order valence-corrected chi connectivity index (χ3v) is 2.20. The maximum absolute atomic E-state index is 13.3. The number of hydrogen-bond donors (Lipinski definition) is 2. The van der Waals surface area contributed by atoms with E-state index in [-0.39, 0.29) is 22.2 Å². The second-order valence-corrected chi connectivity index (χ2v) is 3.15. The van der Waals surface area contributed by atoms with Crippen molar-refractivity contribution in [1.29, 1.82) is 0 Å². The van der Waals surface area contributed by atoms with E-state index in [2.05, 4.69) is 4.98 Å². The van der Waals surface area contributed by atoms with Gasteiger partial charge in [0.25, 0.3) is 0 Å². The van der Waals surface area contributed by atoms with Crippen LogP contribution in [0.1, 0.15) is 10.4 Å². The lowest BCUT2D eigenvalue weighted by Crippen LogP contribution is -2.05. The van der Waals surface area contributed by atoms with Crippen LogP contribution in [0.25, 0.3) is 10.9 Å². The van der Waals surface area contributed by atoms with Gasteiger partial charge in [0, 0.05) is 11.6 Å². The van der Waals surface area contributed by atoms with Gasteiger partial charge in [-0.2, -0.15) is 0 Å². The van der Waals surface area contributed by atoms with Gasteiger partial charge in [-0.25, -0.2) is 13.6 Å². The van der Waals surface area contributed by atoms with Crippen molar-refractivity contribution in [1.82, 2.24) is 4.98 Å². The molecular weight excluding hydrogens is 218 g/mol. The summed E-state index contributed by atoms with van der Waals surface area (Å²) in [4.78, 5) is 14.3. The van der Waals surface area contributed by atoms with Gasteiger partial charge in [-0.1, -0.05) is 0 Å². The summed E-state index contributed by atoms with van der Waals surface area (Å²) in [7, 11) is 0. The normalized spacial score (nSPS) is 10.6. The average molecular weight is 224 g/mol. The fourth-order valence-corrected chi connectivity index (χ4v) is 1.40. The van der Waals surface area contributed by atoms with E-state index in [0.717, 1.165) is 12.3 Å². The Balaban J connectivity index is 2.87. The molecule has 6 heteroatoms. The number of pyridine rings is 1. The number of carbonyl (C=O) groups is 1. The molecule has 2 rings (SSSR count). The van der Waals surface area contributed by atoms with E-state index in [4.69, 9.17) is 10.8 Å². The number of rotatable bonds is 1. The third kappa shape index (κ3) is 1.35. The molecule has 3 N–H and O–H groups in total. The van der Waals surface area contributed by atoms with Gasteiger partial charge < -0.3 is 10.8 Å². The second-order valence-electron chi connectivity index (χ2n) is 3.15. The second kappa shape index (κ2) is 3.41. The van der Waals surface area contributed by atoms with Crippen LogP contribution in [0.15, 0.2) is 18.3 Å². The summed E-state index contributed by atoms with van der Waals surface area (Å²) in [5, 5.41) is 8.84. The maximum Gasteiger partial charge on any atom is 0.339 e. The molecule has 0 aliphatic rings. The van der Waals surface area contributed by atoms with Crippen LogP contribution in [0.2, 0.25) is 0 Å². The first-order chi connectivity index (χ1) is 7.52. The Morgan fingerprint density at radius 1 is 1.38 bits per heavy atom. The van der Waals surface area contributed by atoms with Gasteiger partial charge in [0.05, 0.1) is 5.69 Å². The van der Waals surface area contributed by atoms with Gasteiger partial charge in [-0.15, -0.1) is 0 Å². The highest BCUT2D eigenvalue weighted by molar-refractivity contribution is 6.03. The Hall–Kier alpha value is -2.24. The van der Waals surface area contributed by atoms with Gasteiger partial charge in [0.2, 0.25) is 0 Å². The van der Waals surface area contributed by atoms with Gasteiger partial charge in [-0.3, -0.25) is 4.98 Å². The molecule has 0 radical (unpaired) electrons. The molecule has 0 bridgehead atoms. The largest absolute Gasteiger partial charge is 0.478 e. The number of hydrogen-bond acceptors (Lipinski definition) is 3. The molecule has 0 atom stereocenters. The van der Waals surface area contributed by atoms with E-state index in [1.807, 2.05) is 0 Å². The molecule has 0 aliphatic heterocycles. The van der Waals surface area contributed by atoms with Crippen molar-refractivity contribution in [2.24, 2.45) is 0 Å². The Labute approximate surface area is 88.3 Å². The Bertz CT molecular complexity index is 599. The number of nitrogens with zero attached hydrogens (tertiary/aromatic N) is 1. The third-order valence-electron chi connectivity index (χ3n) is 2.20. The smallest absolute Gasteiger partial charge is 0.339 e. The summed E-state index contributed by atoms with van der Waals surface area (Å²) >= 11 is 0. The molecule has 1 heterocycles. The van der Waals surface area contributed by atoms with Gasteiger partial charge in [-0.05, 0) is 12.1 Å². The minimum atomic E-state index is -1.27. The predicted octanol–water partition coefficient (Wildman–Crippen LogP) is 1.79. The summed E-state index contributed by atoms with van der Waals surface area (Å²) in [5.41, 5.74) is 4.89. The molecule has 82 valence electrons. The Morgan fingerprint density at radius 3 is 2.69 bits per heavy atom. The van der Waals surface area contributed by atoms with Crippen molar-refractivity contribution >= 4 is 22.6 Å².